The number of amides is 1. The summed E-state index contributed by atoms with van der Waals surface area (Å²) < 4.78 is 19.3. The molecule has 1 amide bonds. The van der Waals surface area contributed by atoms with Gasteiger partial charge in [-0.05, 0) is 25.0 Å². The van der Waals surface area contributed by atoms with Crippen LogP contribution < -0.4 is 5.32 Å². The van der Waals surface area contributed by atoms with Gasteiger partial charge in [-0.25, -0.2) is 9.37 Å². The van der Waals surface area contributed by atoms with Crippen molar-refractivity contribution in [3.63, 3.8) is 0 Å². The van der Waals surface area contributed by atoms with E-state index in [4.69, 9.17) is 4.74 Å². The lowest BCUT2D eigenvalue weighted by Crippen LogP contribution is -2.27. The second-order valence-electron chi connectivity index (χ2n) is 4.49. The van der Waals surface area contributed by atoms with Gasteiger partial charge in [-0.1, -0.05) is 6.07 Å². The molecule has 0 aliphatic carbocycles. The second-order valence-corrected chi connectivity index (χ2v) is 4.49. The van der Waals surface area contributed by atoms with Crippen molar-refractivity contribution in [3.05, 3.63) is 30.3 Å². The maximum absolute atomic E-state index is 14.0. The zero-order valence-electron chi connectivity index (χ0n) is 10.6. The van der Waals surface area contributed by atoms with Crippen LogP contribution in [0.1, 0.15) is 12.8 Å². The van der Waals surface area contributed by atoms with Crippen molar-refractivity contribution < 1.29 is 13.9 Å². The number of ether oxygens (including phenoxy) is 1. The Morgan fingerprint density at radius 2 is 2.40 bits per heavy atom. The first-order chi connectivity index (χ1) is 9.75. The summed E-state index contributed by atoms with van der Waals surface area (Å²) in [6.45, 7) is 0.580. The number of carbonyl (C=O) groups excluding carboxylic acids is 1. The summed E-state index contributed by atoms with van der Waals surface area (Å²) in [6, 6.07) is 4.45. The lowest BCUT2D eigenvalue weighted by atomic mass is 10.1. The molecule has 1 aliphatic heterocycles. The predicted molar refractivity (Wildman–Crippen MR) is 69.4 cm³/mol. The third-order valence-electron chi connectivity index (χ3n) is 3.15. The maximum Gasteiger partial charge on any atom is 0.253 e. The molecule has 0 saturated carbocycles. The number of nitrogens with zero attached hydrogens (tertiary/aromatic N) is 2. The molecule has 1 fully saturated rings. The van der Waals surface area contributed by atoms with Crippen LogP contribution in [-0.4, -0.2) is 33.8 Å². The van der Waals surface area contributed by atoms with Crippen LogP contribution >= 0.6 is 0 Å². The summed E-state index contributed by atoms with van der Waals surface area (Å²) in [6.07, 6.45) is 2.35. The Bertz CT molecular complexity index is 609. The number of halogens is 1. The third-order valence-corrected chi connectivity index (χ3v) is 3.15. The summed E-state index contributed by atoms with van der Waals surface area (Å²) in [5, 5.41) is 8.98. The number of aromatic nitrogens is 3. The molecule has 6 nitrogen and oxygen atoms in total. The van der Waals surface area contributed by atoms with Crippen molar-refractivity contribution in [1.29, 1.82) is 0 Å². The summed E-state index contributed by atoms with van der Waals surface area (Å²) >= 11 is 0. The van der Waals surface area contributed by atoms with Crippen LogP contribution in [0.25, 0.3) is 11.4 Å². The number of hydrogen-bond donors (Lipinski definition) is 2. The minimum Gasteiger partial charge on any atom is -0.368 e. The Labute approximate surface area is 114 Å². The Balaban J connectivity index is 1.89. The quantitative estimate of drug-likeness (QED) is 0.894. The van der Waals surface area contributed by atoms with Crippen molar-refractivity contribution in [2.24, 2.45) is 0 Å². The van der Waals surface area contributed by atoms with Crippen molar-refractivity contribution in [2.45, 2.75) is 18.9 Å². The topological polar surface area (TPSA) is 79.9 Å². The van der Waals surface area contributed by atoms with E-state index >= 15 is 0 Å². The van der Waals surface area contributed by atoms with Crippen LogP contribution in [0.4, 0.5) is 10.1 Å². The largest absolute Gasteiger partial charge is 0.368 e. The van der Waals surface area contributed by atoms with Gasteiger partial charge in [0.25, 0.3) is 5.91 Å². The van der Waals surface area contributed by atoms with Gasteiger partial charge in [-0.15, -0.1) is 0 Å². The van der Waals surface area contributed by atoms with Gasteiger partial charge in [0.2, 0.25) is 0 Å². The molecule has 1 atom stereocenters. The molecule has 20 heavy (non-hydrogen) atoms. The van der Waals surface area contributed by atoms with Gasteiger partial charge < -0.3 is 10.1 Å². The SMILES string of the molecule is O=C(Nc1cccc(F)c1-c1ncn[nH]1)[C@H]1CCCO1. The molecule has 7 heteroatoms. The molecule has 0 bridgehead atoms. The predicted octanol–water partition coefficient (Wildman–Crippen LogP) is 1.73. The van der Waals surface area contributed by atoms with E-state index in [0.29, 0.717) is 18.7 Å². The molecule has 2 heterocycles. The van der Waals surface area contributed by atoms with E-state index in [2.05, 4.69) is 20.5 Å². The normalized spacial score (nSPS) is 18.1. The van der Waals surface area contributed by atoms with E-state index in [1.807, 2.05) is 0 Å². The van der Waals surface area contributed by atoms with Gasteiger partial charge in [-0.3, -0.25) is 9.89 Å². The highest BCUT2D eigenvalue weighted by molar-refractivity contribution is 5.97. The Morgan fingerprint density at radius 3 is 3.10 bits per heavy atom. The standard InChI is InChI=1S/C13H13FN4O2/c14-8-3-1-4-9(11(8)12-15-7-16-18-12)17-13(19)10-5-2-6-20-10/h1,3-4,7,10H,2,5-6H2,(H,17,19)(H,15,16,18)/t10-/m1/s1. The van der Waals surface area contributed by atoms with E-state index in [-0.39, 0.29) is 17.3 Å². The fraction of sp³-hybridized carbons (Fsp3) is 0.308. The summed E-state index contributed by atoms with van der Waals surface area (Å²) in [5.41, 5.74) is 0.540. The molecule has 1 aromatic heterocycles. The van der Waals surface area contributed by atoms with E-state index in [1.54, 1.807) is 6.07 Å². The highest BCUT2D eigenvalue weighted by Gasteiger charge is 2.25. The number of nitrogens with one attached hydrogen (secondary N) is 2. The summed E-state index contributed by atoms with van der Waals surface area (Å²) in [4.78, 5) is 16.0. The zero-order chi connectivity index (χ0) is 13.9. The molecule has 3 rings (SSSR count). The summed E-state index contributed by atoms with van der Waals surface area (Å²) in [7, 11) is 0. The fourth-order valence-electron chi connectivity index (χ4n) is 2.19. The van der Waals surface area contributed by atoms with Crippen LogP contribution in [0.3, 0.4) is 0 Å². The number of benzene rings is 1. The van der Waals surface area contributed by atoms with Crippen LogP contribution in [0.15, 0.2) is 24.5 Å². The zero-order valence-corrected chi connectivity index (χ0v) is 10.6. The number of H-pyrrole nitrogens is 1. The van der Waals surface area contributed by atoms with Gasteiger partial charge in [0.1, 0.15) is 18.2 Å². The monoisotopic (exact) mass is 276 g/mol. The van der Waals surface area contributed by atoms with Crippen LogP contribution in [0, 0.1) is 5.82 Å². The third kappa shape index (κ3) is 2.39. The average Bonchev–Trinajstić information content (AvgIpc) is 3.12. The van der Waals surface area contributed by atoms with Gasteiger partial charge >= 0.3 is 0 Å². The van der Waals surface area contributed by atoms with Crippen molar-refractivity contribution in [3.8, 4) is 11.4 Å². The number of carbonyl (C=O) groups is 1. The fourth-order valence-corrected chi connectivity index (χ4v) is 2.19. The minimum atomic E-state index is -0.480. The van der Waals surface area contributed by atoms with Crippen LogP contribution in [-0.2, 0) is 9.53 Å². The van der Waals surface area contributed by atoms with Gasteiger partial charge in [0.05, 0.1) is 11.3 Å². The minimum absolute atomic E-state index is 0.191. The molecule has 104 valence electrons. The van der Waals surface area contributed by atoms with Gasteiger partial charge in [-0.2, -0.15) is 5.10 Å². The van der Waals surface area contributed by atoms with E-state index in [0.717, 1.165) is 6.42 Å². The molecule has 2 N–H and O–H groups in total. The first-order valence-corrected chi connectivity index (χ1v) is 6.32. The highest BCUT2D eigenvalue weighted by atomic mass is 19.1. The first kappa shape index (κ1) is 12.7. The first-order valence-electron chi connectivity index (χ1n) is 6.32. The molecule has 1 aromatic carbocycles. The summed E-state index contributed by atoms with van der Waals surface area (Å²) in [5.74, 6) is -0.480. The molecule has 0 radical (unpaired) electrons. The number of rotatable bonds is 3. The van der Waals surface area contributed by atoms with Crippen LogP contribution in [0.5, 0.6) is 0 Å². The molecule has 2 aromatic rings. The molecule has 1 aliphatic rings. The molecule has 0 unspecified atom stereocenters. The van der Waals surface area contributed by atoms with Gasteiger partial charge in [0, 0.05) is 6.61 Å². The van der Waals surface area contributed by atoms with E-state index < -0.39 is 11.9 Å². The van der Waals surface area contributed by atoms with E-state index in [1.165, 1.54) is 18.5 Å². The highest BCUT2D eigenvalue weighted by Crippen LogP contribution is 2.28. The Hall–Kier alpha value is -2.28. The lowest BCUT2D eigenvalue weighted by Gasteiger charge is -2.13. The molecular weight excluding hydrogens is 263 g/mol. The Kier molecular flexibility index (Phi) is 3.42. The smallest absolute Gasteiger partial charge is 0.253 e. The van der Waals surface area contributed by atoms with Crippen molar-refractivity contribution in [1.82, 2.24) is 15.2 Å². The second kappa shape index (κ2) is 5.38. The molecule has 1 saturated heterocycles. The van der Waals surface area contributed by atoms with Crippen molar-refractivity contribution in [2.75, 3.05) is 11.9 Å². The number of aromatic amines is 1. The van der Waals surface area contributed by atoms with Crippen LogP contribution in [0.2, 0.25) is 0 Å². The maximum atomic E-state index is 14.0. The molecule has 0 spiro atoms. The van der Waals surface area contributed by atoms with Gasteiger partial charge in [0.15, 0.2) is 5.82 Å². The number of anilines is 1. The molecular formula is C13H13FN4O2. The number of hydrogen-bond acceptors (Lipinski definition) is 4. The Morgan fingerprint density at radius 1 is 1.50 bits per heavy atom. The average molecular weight is 276 g/mol. The lowest BCUT2D eigenvalue weighted by molar-refractivity contribution is -0.124. The van der Waals surface area contributed by atoms with E-state index in [9.17, 15) is 9.18 Å². The van der Waals surface area contributed by atoms with Crippen molar-refractivity contribution >= 4 is 11.6 Å².